The van der Waals surface area contributed by atoms with Gasteiger partial charge in [0.05, 0.1) is 11.1 Å². The van der Waals surface area contributed by atoms with E-state index in [1.807, 2.05) is 29.2 Å². The van der Waals surface area contributed by atoms with Crippen LogP contribution in [0.1, 0.15) is 20.7 Å². The molecule has 8 heteroatoms. The molecule has 8 nitrogen and oxygen atoms in total. The summed E-state index contributed by atoms with van der Waals surface area (Å²) >= 11 is 0. The third-order valence-electron chi connectivity index (χ3n) is 4.57. The molecule has 0 atom stereocenters. The maximum atomic E-state index is 11.2. The lowest BCUT2D eigenvalue weighted by Gasteiger charge is -2.26. The normalized spacial score (nSPS) is 10.5. The standard InChI is InChI=1S/C22H16N4O4/c27-21(28)15-1-5-18(6-2-15)26(19-7-3-16(4-8-19)22(29)30)20-11-9-17(10-12-20)25-13-23-24-14-25/h1-14H,(H,27,28)(H,29,30). The van der Waals surface area contributed by atoms with Crippen LogP contribution in [0.15, 0.2) is 85.5 Å². The van der Waals surface area contributed by atoms with E-state index in [0.29, 0.717) is 0 Å². The van der Waals surface area contributed by atoms with Gasteiger partial charge in [-0.2, -0.15) is 0 Å². The summed E-state index contributed by atoms with van der Waals surface area (Å²) < 4.78 is 1.78. The Bertz CT molecular complexity index is 1110. The molecule has 0 aliphatic heterocycles. The Labute approximate surface area is 171 Å². The zero-order chi connectivity index (χ0) is 21.1. The summed E-state index contributed by atoms with van der Waals surface area (Å²) in [5, 5.41) is 25.9. The molecule has 3 aromatic carbocycles. The molecule has 1 heterocycles. The topological polar surface area (TPSA) is 109 Å². The number of rotatable bonds is 6. The van der Waals surface area contributed by atoms with E-state index in [4.69, 9.17) is 0 Å². The van der Waals surface area contributed by atoms with Crippen LogP contribution in [0.25, 0.3) is 5.69 Å². The van der Waals surface area contributed by atoms with Crippen LogP contribution in [0.5, 0.6) is 0 Å². The molecule has 4 aromatic rings. The predicted molar refractivity (Wildman–Crippen MR) is 110 cm³/mol. The van der Waals surface area contributed by atoms with E-state index in [2.05, 4.69) is 10.2 Å². The lowest BCUT2D eigenvalue weighted by molar-refractivity contribution is 0.0686. The van der Waals surface area contributed by atoms with E-state index in [1.165, 1.54) is 24.3 Å². The van der Waals surface area contributed by atoms with Crippen molar-refractivity contribution in [3.8, 4) is 5.69 Å². The first-order chi connectivity index (χ1) is 14.5. The number of anilines is 3. The summed E-state index contributed by atoms with van der Waals surface area (Å²) in [5.41, 5.74) is 3.54. The highest BCUT2D eigenvalue weighted by Gasteiger charge is 2.14. The van der Waals surface area contributed by atoms with Crippen molar-refractivity contribution >= 4 is 29.0 Å². The first-order valence-electron chi connectivity index (χ1n) is 8.95. The van der Waals surface area contributed by atoms with Crippen molar-refractivity contribution in [1.29, 1.82) is 0 Å². The second-order valence-corrected chi connectivity index (χ2v) is 6.43. The van der Waals surface area contributed by atoms with Gasteiger partial charge in [-0.1, -0.05) is 0 Å². The van der Waals surface area contributed by atoms with Crippen LogP contribution in [0.3, 0.4) is 0 Å². The molecular weight excluding hydrogens is 384 g/mol. The van der Waals surface area contributed by atoms with Crippen molar-refractivity contribution < 1.29 is 19.8 Å². The number of nitrogens with zero attached hydrogens (tertiary/aromatic N) is 4. The summed E-state index contributed by atoms with van der Waals surface area (Å²) in [5.74, 6) is -2.01. The van der Waals surface area contributed by atoms with E-state index in [9.17, 15) is 19.8 Å². The minimum absolute atomic E-state index is 0.183. The van der Waals surface area contributed by atoms with Crippen LogP contribution in [0.4, 0.5) is 17.1 Å². The molecular formula is C22H16N4O4. The molecule has 0 saturated heterocycles. The molecule has 0 unspecified atom stereocenters. The summed E-state index contributed by atoms with van der Waals surface area (Å²) in [4.78, 5) is 24.3. The lowest BCUT2D eigenvalue weighted by Crippen LogP contribution is -2.11. The second kappa shape index (κ2) is 7.88. The molecule has 0 fully saturated rings. The number of carboxylic acid groups (broad SMARTS) is 2. The number of aromatic carboxylic acids is 2. The van der Waals surface area contributed by atoms with Crippen LogP contribution in [0.2, 0.25) is 0 Å². The average molecular weight is 400 g/mol. The molecule has 0 spiro atoms. The van der Waals surface area contributed by atoms with Gasteiger partial charge in [-0.25, -0.2) is 9.59 Å². The van der Waals surface area contributed by atoms with Gasteiger partial charge in [0.25, 0.3) is 0 Å². The van der Waals surface area contributed by atoms with Crippen molar-refractivity contribution in [2.45, 2.75) is 0 Å². The Balaban J connectivity index is 1.76. The van der Waals surface area contributed by atoms with Gasteiger partial charge < -0.3 is 15.1 Å². The van der Waals surface area contributed by atoms with E-state index >= 15 is 0 Å². The van der Waals surface area contributed by atoms with E-state index < -0.39 is 11.9 Å². The third kappa shape index (κ3) is 3.74. The fourth-order valence-corrected chi connectivity index (χ4v) is 3.06. The molecule has 1 aromatic heterocycles. The van der Waals surface area contributed by atoms with Crippen LogP contribution >= 0.6 is 0 Å². The number of carbonyl (C=O) groups is 2. The fourth-order valence-electron chi connectivity index (χ4n) is 3.06. The Hall–Kier alpha value is -4.46. The second-order valence-electron chi connectivity index (χ2n) is 6.43. The molecule has 0 amide bonds. The number of aromatic nitrogens is 3. The maximum Gasteiger partial charge on any atom is 0.335 e. The van der Waals surface area contributed by atoms with E-state index in [0.717, 1.165) is 22.7 Å². The third-order valence-corrected chi connectivity index (χ3v) is 4.57. The molecule has 0 saturated carbocycles. The van der Waals surface area contributed by atoms with Crippen molar-refractivity contribution in [2.75, 3.05) is 4.90 Å². The summed E-state index contributed by atoms with van der Waals surface area (Å²) in [7, 11) is 0. The lowest BCUT2D eigenvalue weighted by atomic mass is 10.1. The minimum Gasteiger partial charge on any atom is -0.478 e. The molecule has 0 radical (unpaired) electrons. The molecule has 4 rings (SSSR count). The van der Waals surface area contributed by atoms with Crippen LogP contribution in [-0.2, 0) is 0 Å². The Morgan fingerprint density at radius 3 is 1.37 bits per heavy atom. The molecule has 30 heavy (non-hydrogen) atoms. The molecule has 0 aliphatic carbocycles. The maximum absolute atomic E-state index is 11.2. The number of hydrogen-bond donors (Lipinski definition) is 2. The largest absolute Gasteiger partial charge is 0.478 e. The molecule has 0 aliphatic rings. The Morgan fingerprint density at radius 1 is 0.633 bits per heavy atom. The monoisotopic (exact) mass is 400 g/mol. The zero-order valence-electron chi connectivity index (χ0n) is 15.6. The van der Waals surface area contributed by atoms with Crippen LogP contribution in [0, 0.1) is 0 Å². The SMILES string of the molecule is O=C(O)c1ccc(N(c2ccc(C(=O)O)cc2)c2ccc(-n3cnnc3)cc2)cc1. The van der Waals surface area contributed by atoms with Crippen LogP contribution in [-0.4, -0.2) is 36.9 Å². The Morgan fingerprint density at radius 2 is 1.00 bits per heavy atom. The minimum atomic E-state index is -1.00. The number of carboxylic acids is 2. The smallest absolute Gasteiger partial charge is 0.335 e. The van der Waals surface area contributed by atoms with Gasteiger partial charge in [0, 0.05) is 22.7 Å². The van der Waals surface area contributed by atoms with Gasteiger partial charge in [-0.3, -0.25) is 4.57 Å². The first kappa shape index (κ1) is 18.9. The summed E-state index contributed by atoms with van der Waals surface area (Å²) in [6.45, 7) is 0. The van der Waals surface area contributed by atoms with Crippen LogP contribution < -0.4 is 4.90 Å². The van der Waals surface area contributed by atoms with Gasteiger partial charge in [-0.05, 0) is 72.8 Å². The molecule has 2 N–H and O–H groups in total. The number of hydrogen-bond acceptors (Lipinski definition) is 5. The van der Waals surface area contributed by atoms with Crippen molar-refractivity contribution in [1.82, 2.24) is 14.8 Å². The van der Waals surface area contributed by atoms with Crippen molar-refractivity contribution in [3.05, 3.63) is 96.6 Å². The average Bonchev–Trinajstić information content (AvgIpc) is 3.30. The highest BCUT2D eigenvalue weighted by Crippen LogP contribution is 2.35. The highest BCUT2D eigenvalue weighted by molar-refractivity contribution is 5.90. The van der Waals surface area contributed by atoms with Gasteiger partial charge in [0.2, 0.25) is 0 Å². The van der Waals surface area contributed by atoms with Crippen molar-refractivity contribution in [3.63, 3.8) is 0 Å². The Kier molecular flexibility index (Phi) is 4.96. The summed E-state index contributed by atoms with van der Waals surface area (Å²) in [6.07, 6.45) is 3.20. The summed E-state index contributed by atoms with van der Waals surface area (Å²) in [6, 6.07) is 20.6. The van der Waals surface area contributed by atoms with E-state index in [1.54, 1.807) is 41.5 Å². The number of benzene rings is 3. The molecule has 0 bridgehead atoms. The van der Waals surface area contributed by atoms with Crippen molar-refractivity contribution in [2.24, 2.45) is 0 Å². The predicted octanol–water partition coefficient (Wildman–Crippen LogP) is 4.13. The van der Waals surface area contributed by atoms with Gasteiger partial charge in [0.1, 0.15) is 12.7 Å². The fraction of sp³-hybridized carbons (Fsp3) is 0. The van der Waals surface area contributed by atoms with Gasteiger partial charge in [0.15, 0.2) is 0 Å². The van der Waals surface area contributed by atoms with Gasteiger partial charge >= 0.3 is 11.9 Å². The molecule has 148 valence electrons. The zero-order valence-corrected chi connectivity index (χ0v) is 15.6. The van der Waals surface area contributed by atoms with E-state index in [-0.39, 0.29) is 11.1 Å². The van der Waals surface area contributed by atoms with Gasteiger partial charge in [-0.15, -0.1) is 10.2 Å². The highest BCUT2D eigenvalue weighted by atomic mass is 16.4. The first-order valence-corrected chi connectivity index (χ1v) is 8.95. The quantitative estimate of drug-likeness (QED) is 0.501.